The van der Waals surface area contributed by atoms with E-state index < -0.39 is 7.92 Å². The lowest BCUT2D eigenvalue weighted by Crippen LogP contribution is -2.21. The fourth-order valence-corrected chi connectivity index (χ4v) is 5.10. The molecule has 0 aliphatic carbocycles. The van der Waals surface area contributed by atoms with E-state index in [0.29, 0.717) is 6.61 Å². The molecule has 1 aliphatic rings. The summed E-state index contributed by atoms with van der Waals surface area (Å²) in [6.45, 7) is 7.19. The van der Waals surface area contributed by atoms with Crippen LogP contribution in [0.2, 0.25) is 0 Å². The lowest BCUT2D eigenvalue weighted by Gasteiger charge is -2.20. The molecule has 2 aromatic rings. The van der Waals surface area contributed by atoms with Crippen LogP contribution >= 0.6 is 7.92 Å². The summed E-state index contributed by atoms with van der Waals surface area (Å²) in [4.78, 5) is 4.86. The van der Waals surface area contributed by atoms with Gasteiger partial charge in [0, 0.05) is 11.6 Å². The van der Waals surface area contributed by atoms with Crippen LogP contribution < -0.4 is 10.6 Å². The molecular weight excluding hydrogens is 301 g/mol. The second kappa shape index (κ2) is 6.84. The molecule has 0 bridgehead atoms. The summed E-state index contributed by atoms with van der Waals surface area (Å²) < 4.78 is 5.86. The fraction of sp³-hybridized carbons (Fsp3) is 0.350. The van der Waals surface area contributed by atoms with Crippen molar-refractivity contribution in [2.24, 2.45) is 10.4 Å². The van der Waals surface area contributed by atoms with E-state index in [4.69, 9.17) is 9.73 Å². The highest BCUT2D eigenvalue weighted by molar-refractivity contribution is 7.73. The van der Waals surface area contributed by atoms with E-state index in [-0.39, 0.29) is 11.5 Å². The predicted octanol–water partition coefficient (Wildman–Crippen LogP) is 3.96. The Morgan fingerprint density at radius 2 is 1.48 bits per heavy atom. The third kappa shape index (κ3) is 4.00. The maximum atomic E-state index is 5.86. The first kappa shape index (κ1) is 16.2. The molecule has 1 heterocycles. The van der Waals surface area contributed by atoms with Crippen LogP contribution in [0.5, 0.6) is 0 Å². The van der Waals surface area contributed by atoms with Crippen LogP contribution in [0.1, 0.15) is 20.8 Å². The van der Waals surface area contributed by atoms with Crippen molar-refractivity contribution < 1.29 is 4.74 Å². The van der Waals surface area contributed by atoms with Crippen LogP contribution in [-0.2, 0) is 4.74 Å². The van der Waals surface area contributed by atoms with E-state index in [1.54, 1.807) is 0 Å². The molecule has 0 amide bonds. The topological polar surface area (TPSA) is 21.6 Å². The standard InChI is InChI=1S/C20H24NOP/c1-20(2,3)19-21-16(14-22-19)15-23(17-10-6-4-7-11-17)18-12-8-5-9-13-18/h4-13,16H,14-15H2,1-3H3/t16-/m0/s1. The number of hydrogen-bond donors (Lipinski definition) is 0. The highest BCUT2D eigenvalue weighted by Crippen LogP contribution is 2.36. The van der Waals surface area contributed by atoms with Crippen molar-refractivity contribution >= 4 is 24.4 Å². The normalized spacial score (nSPS) is 17.9. The van der Waals surface area contributed by atoms with E-state index >= 15 is 0 Å². The Kier molecular flexibility index (Phi) is 4.82. The summed E-state index contributed by atoms with van der Waals surface area (Å²) in [6.07, 6.45) is 1.04. The van der Waals surface area contributed by atoms with Gasteiger partial charge in [-0.25, -0.2) is 4.99 Å². The molecule has 0 aromatic heterocycles. The number of aliphatic imine (C=N–C) groups is 1. The summed E-state index contributed by atoms with van der Waals surface area (Å²) >= 11 is 0. The molecule has 0 radical (unpaired) electrons. The first-order valence-electron chi connectivity index (χ1n) is 8.13. The number of rotatable bonds is 4. The van der Waals surface area contributed by atoms with E-state index in [0.717, 1.165) is 12.1 Å². The van der Waals surface area contributed by atoms with E-state index in [9.17, 15) is 0 Å². The Hall–Kier alpha value is -1.66. The monoisotopic (exact) mass is 325 g/mol. The molecule has 2 nitrogen and oxygen atoms in total. The third-order valence-corrected chi connectivity index (χ3v) is 6.51. The van der Waals surface area contributed by atoms with Gasteiger partial charge in [0.25, 0.3) is 0 Å². The van der Waals surface area contributed by atoms with Gasteiger partial charge in [-0.1, -0.05) is 81.4 Å². The van der Waals surface area contributed by atoms with Crippen LogP contribution in [0.15, 0.2) is 65.7 Å². The maximum Gasteiger partial charge on any atom is 0.189 e. The van der Waals surface area contributed by atoms with Gasteiger partial charge >= 0.3 is 0 Å². The molecule has 1 atom stereocenters. The minimum atomic E-state index is -0.404. The van der Waals surface area contributed by atoms with Crippen molar-refractivity contribution in [3.63, 3.8) is 0 Å². The highest BCUT2D eigenvalue weighted by atomic mass is 31.1. The van der Waals surface area contributed by atoms with Gasteiger partial charge in [-0.05, 0) is 18.5 Å². The number of nitrogens with zero attached hydrogens (tertiary/aromatic N) is 1. The first-order chi connectivity index (χ1) is 11.0. The third-order valence-electron chi connectivity index (χ3n) is 3.88. The fourth-order valence-electron chi connectivity index (χ4n) is 2.71. The molecule has 0 spiro atoms. The SMILES string of the molecule is CC(C)(C)C1=N[C@H](CP(c2ccccc2)c2ccccc2)CO1. The van der Waals surface area contributed by atoms with Crippen molar-refractivity contribution in [1.29, 1.82) is 0 Å². The van der Waals surface area contributed by atoms with Crippen LogP contribution in [0.3, 0.4) is 0 Å². The van der Waals surface area contributed by atoms with E-state index in [1.807, 2.05) is 0 Å². The van der Waals surface area contributed by atoms with Crippen LogP contribution in [0, 0.1) is 5.41 Å². The Balaban J connectivity index is 1.85. The van der Waals surface area contributed by atoms with Gasteiger partial charge in [0.15, 0.2) is 5.90 Å². The average Bonchev–Trinajstić information content (AvgIpc) is 3.03. The van der Waals surface area contributed by atoms with E-state index in [1.165, 1.54) is 10.6 Å². The second-order valence-corrected chi connectivity index (χ2v) is 9.18. The van der Waals surface area contributed by atoms with Crippen molar-refractivity contribution in [1.82, 2.24) is 0 Å². The van der Waals surface area contributed by atoms with Gasteiger partial charge in [-0.3, -0.25) is 0 Å². The Bertz CT molecular complexity index is 622. The summed E-state index contributed by atoms with van der Waals surface area (Å²) in [5.41, 5.74) is -0.00298. The molecule has 23 heavy (non-hydrogen) atoms. The van der Waals surface area contributed by atoms with Gasteiger partial charge in [0.2, 0.25) is 0 Å². The lowest BCUT2D eigenvalue weighted by molar-refractivity contribution is 0.287. The highest BCUT2D eigenvalue weighted by Gasteiger charge is 2.30. The summed E-state index contributed by atoms with van der Waals surface area (Å²) in [6, 6.07) is 21.9. The van der Waals surface area contributed by atoms with Crippen LogP contribution in [0.4, 0.5) is 0 Å². The minimum Gasteiger partial charge on any atom is -0.478 e. The van der Waals surface area contributed by atoms with Gasteiger partial charge in [0.05, 0.1) is 6.04 Å². The molecule has 3 heteroatoms. The van der Waals surface area contributed by atoms with Crippen molar-refractivity contribution in [2.75, 3.05) is 12.8 Å². The second-order valence-electron chi connectivity index (χ2n) is 6.93. The van der Waals surface area contributed by atoms with Gasteiger partial charge in [0.1, 0.15) is 6.61 Å². The predicted molar refractivity (Wildman–Crippen MR) is 101 cm³/mol. The summed E-state index contributed by atoms with van der Waals surface area (Å²) in [5.74, 6) is 0.901. The Labute approximate surface area is 140 Å². The molecule has 3 rings (SSSR count). The van der Waals surface area contributed by atoms with Crippen LogP contribution in [-0.4, -0.2) is 24.7 Å². The average molecular weight is 325 g/mol. The molecule has 0 saturated heterocycles. The first-order valence-corrected chi connectivity index (χ1v) is 9.65. The smallest absolute Gasteiger partial charge is 0.189 e. The van der Waals surface area contributed by atoms with Gasteiger partial charge in [-0.2, -0.15) is 0 Å². The number of hydrogen-bond acceptors (Lipinski definition) is 2. The zero-order chi connectivity index (χ0) is 16.3. The molecule has 0 unspecified atom stereocenters. The van der Waals surface area contributed by atoms with Gasteiger partial charge in [-0.15, -0.1) is 0 Å². The molecule has 1 aliphatic heterocycles. The molecule has 0 fully saturated rings. The van der Waals surface area contributed by atoms with Crippen molar-refractivity contribution in [3.05, 3.63) is 60.7 Å². The number of ether oxygens (including phenoxy) is 1. The Morgan fingerprint density at radius 1 is 0.957 bits per heavy atom. The van der Waals surface area contributed by atoms with Crippen LogP contribution in [0.25, 0.3) is 0 Å². The quantitative estimate of drug-likeness (QED) is 0.780. The van der Waals surface area contributed by atoms with Crippen molar-refractivity contribution in [2.45, 2.75) is 26.8 Å². The lowest BCUT2D eigenvalue weighted by atomic mass is 9.97. The molecule has 0 N–H and O–H groups in total. The zero-order valence-corrected chi connectivity index (χ0v) is 15.0. The minimum absolute atomic E-state index is 0.00298. The van der Waals surface area contributed by atoms with Crippen molar-refractivity contribution in [3.8, 4) is 0 Å². The number of benzene rings is 2. The molecule has 0 saturated carbocycles. The van der Waals surface area contributed by atoms with Gasteiger partial charge < -0.3 is 4.74 Å². The molecular formula is C20H24NOP. The zero-order valence-electron chi connectivity index (χ0n) is 14.1. The largest absolute Gasteiger partial charge is 0.478 e. The Morgan fingerprint density at radius 3 is 1.91 bits per heavy atom. The molecule has 2 aromatic carbocycles. The summed E-state index contributed by atoms with van der Waals surface area (Å²) in [5, 5.41) is 2.82. The van der Waals surface area contributed by atoms with E-state index in [2.05, 4.69) is 81.4 Å². The molecule has 120 valence electrons. The summed E-state index contributed by atoms with van der Waals surface area (Å²) in [7, 11) is -0.404. The maximum absolute atomic E-state index is 5.86.